The number of anilines is 2. The van der Waals surface area contributed by atoms with Gasteiger partial charge in [0.2, 0.25) is 5.91 Å². The molecule has 0 fully saturated rings. The average Bonchev–Trinajstić information content (AvgIpc) is 2.50. The van der Waals surface area contributed by atoms with Crippen molar-refractivity contribution in [1.29, 1.82) is 0 Å². The summed E-state index contributed by atoms with van der Waals surface area (Å²) in [5.41, 5.74) is 6.82. The molecule has 7 nitrogen and oxygen atoms in total. The van der Waals surface area contributed by atoms with Crippen LogP contribution in [-0.4, -0.2) is 22.8 Å². The molecule has 2 aromatic rings. The summed E-state index contributed by atoms with van der Waals surface area (Å²) in [6.07, 6.45) is 0. The molecule has 0 aliphatic carbocycles. The first-order valence-electron chi connectivity index (χ1n) is 6.68. The van der Waals surface area contributed by atoms with Crippen LogP contribution in [0, 0.1) is 6.92 Å². The lowest BCUT2D eigenvalue weighted by molar-refractivity contribution is -0.133. The lowest BCUT2D eigenvalue weighted by Crippen LogP contribution is -2.29. The summed E-state index contributed by atoms with van der Waals surface area (Å²) in [4.78, 5) is 34.7. The highest BCUT2D eigenvalue weighted by molar-refractivity contribution is 6.43. The molecule has 118 valence electrons. The predicted molar refractivity (Wildman–Crippen MR) is 85.1 cm³/mol. The zero-order valence-electron chi connectivity index (χ0n) is 12.3. The first kappa shape index (κ1) is 16.0. The van der Waals surface area contributed by atoms with E-state index in [2.05, 4.69) is 10.6 Å². The van der Waals surface area contributed by atoms with Crippen molar-refractivity contribution in [1.82, 2.24) is 0 Å². The number of benzene rings is 2. The normalized spacial score (nSPS) is 9.96. The standard InChI is InChI=1S/C16H15N3O4/c1-9-8-12(20)6-7-13(9)19-16(23)15(22)18-11-4-2-10(3-5-11)14(17)21/h2-8,20H,1H3,(H2,17,21)(H,18,22)(H,19,23). The monoisotopic (exact) mass is 313 g/mol. The van der Waals surface area contributed by atoms with Gasteiger partial charge in [0.1, 0.15) is 5.75 Å². The third-order valence-electron chi connectivity index (χ3n) is 3.09. The first-order chi connectivity index (χ1) is 10.9. The van der Waals surface area contributed by atoms with Gasteiger partial charge in [-0.1, -0.05) is 0 Å². The number of phenolic OH excluding ortho intramolecular Hbond substituents is 1. The van der Waals surface area contributed by atoms with Crippen LogP contribution in [0.4, 0.5) is 11.4 Å². The fraction of sp³-hybridized carbons (Fsp3) is 0.0625. The van der Waals surface area contributed by atoms with Gasteiger partial charge in [0.05, 0.1) is 0 Å². The molecule has 5 N–H and O–H groups in total. The highest BCUT2D eigenvalue weighted by atomic mass is 16.3. The van der Waals surface area contributed by atoms with E-state index in [9.17, 15) is 19.5 Å². The third-order valence-corrected chi connectivity index (χ3v) is 3.09. The summed E-state index contributed by atoms with van der Waals surface area (Å²) in [7, 11) is 0. The quantitative estimate of drug-likeness (QED) is 0.505. The van der Waals surface area contributed by atoms with E-state index in [1.807, 2.05) is 0 Å². The Morgan fingerprint density at radius 2 is 1.57 bits per heavy atom. The van der Waals surface area contributed by atoms with E-state index < -0.39 is 17.7 Å². The molecule has 23 heavy (non-hydrogen) atoms. The molecule has 0 radical (unpaired) electrons. The van der Waals surface area contributed by atoms with Crippen LogP contribution in [0.5, 0.6) is 5.75 Å². The van der Waals surface area contributed by atoms with Crippen molar-refractivity contribution in [3.8, 4) is 5.75 Å². The van der Waals surface area contributed by atoms with Crippen LogP contribution in [0.25, 0.3) is 0 Å². The minimum absolute atomic E-state index is 0.0690. The van der Waals surface area contributed by atoms with Crippen molar-refractivity contribution in [2.75, 3.05) is 10.6 Å². The van der Waals surface area contributed by atoms with E-state index in [-0.39, 0.29) is 5.75 Å². The molecule has 0 aliphatic heterocycles. The van der Waals surface area contributed by atoms with Crippen LogP contribution in [0.15, 0.2) is 42.5 Å². The lowest BCUT2D eigenvalue weighted by Gasteiger charge is -2.09. The van der Waals surface area contributed by atoms with E-state index in [1.165, 1.54) is 42.5 Å². The smallest absolute Gasteiger partial charge is 0.314 e. The highest BCUT2D eigenvalue weighted by Gasteiger charge is 2.15. The number of carbonyl (C=O) groups is 3. The summed E-state index contributed by atoms with van der Waals surface area (Å²) in [5.74, 6) is -2.22. The molecule has 0 heterocycles. The Morgan fingerprint density at radius 3 is 2.13 bits per heavy atom. The van der Waals surface area contributed by atoms with Gasteiger partial charge in [0.25, 0.3) is 0 Å². The van der Waals surface area contributed by atoms with Gasteiger partial charge >= 0.3 is 11.8 Å². The first-order valence-corrected chi connectivity index (χ1v) is 6.68. The van der Waals surface area contributed by atoms with Gasteiger partial charge in [-0.05, 0) is 55.0 Å². The minimum atomic E-state index is -0.857. The number of nitrogens with two attached hydrogens (primary N) is 1. The van der Waals surface area contributed by atoms with Crippen molar-refractivity contribution in [3.05, 3.63) is 53.6 Å². The van der Waals surface area contributed by atoms with E-state index in [1.54, 1.807) is 6.92 Å². The molecule has 0 atom stereocenters. The summed E-state index contributed by atoms with van der Waals surface area (Å²) < 4.78 is 0. The van der Waals surface area contributed by atoms with Crippen LogP contribution >= 0.6 is 0 Å². The van der Waals surface area contributed by atoms with Crippen molar-refractivity contribution in [3.63, 3.8) is 0 Å². The molecule has 3 amide bonds. The van der Waals surface area contributed by atoms with Crippen molar-refractivity contribution in [2.24, 2.45) is 5.73 Å². The maximum absolute atomic E-state index is 11.9. The zero-order chi connectivity index (χ0) is 17.0. The molecule has 0 aliphatic rings. The second-order valence-electron chi connectivity index (χ2n) is 4.85. The van der Waals surface area contributed by atoms with Crippen LogP contribution in [0.2, 0.25) is 0 Å². The van der Waals surface area contributed by atoms with Gasteiger partial charge in [0.15, 0.2) is 0 Å². The van der Waals surface area contributed by atoms with E-state index >= 15 is 0 Å². The van der Waals surface area contributed by atoms with Gasteiger partial charge in [-0.15, -0.1) is 0 Å². The molecule has 0 aromatic heterocycles. The topological polar surface area (TPSA) is 122 Å². The van der Waals surface area contributed by atoms with Gasteiger partial charge in [0, 0.05) is 16.9 Å². The Balaban J connectivity index is 2.02. The molecule has 2 rings (SSSR count). The minimum Gasteiger partial charge on any atom is -0.508 e. The molecule has 0 bridgehead atoms. The highest BCUT2D eigenvalue weighted by Crippen LogP contribution is 2.20. The fourth-order valence-electron chi connectivity index (χ4n) is 1.87. The Bertz CT molecular complexity index is 769. The maximum atomic E-state index is 11.9. The maximum Gasteiger partial charge on any atom is 0.314 e. The van der Waals surface area contributed by atoms with E-state index in [0.29, 0.717) is 22.5 Å². The second-order valence-corrected chi connectivity index (χ2v) is 4.85. The Kier molecular flexibility index (Phi) is 4.61. The van der Waals surface area contributed by atoms with Crippen molar-refractivity contribution >= 4 is 29.1 Å². The largest absolute Gasteiger partial charge is 0.508 e. The number of carbonyl (C=O) groups excluding carboxylic acids is 3. The van der Waals surface area contributed by atoms with Gasteiger partial charge in [-0.3, -0.25) is 14.4 Å². The van der Waals surface area contributed by atoms with Gasteiger partial charge in [-0.2, -0.15) is 0 Å². The number of aryl methyl sites for hydroxylation is 1. The van der Waals surface area contributed by atoms with Gasteiger partial charge < -0.3 is 21.5 Å². The molecule has 2 aromatic carbocycles. The molecular weight excluding hydrogens is 298 g/mol. The van der Waals surface area contributed by atoms with Crippen LogP contribution in [0.1, 0.15) is 15.9 Å². The number of primary amides is 1. The summed E-state index contributed by atoms with van der Waals surface area (Å²) in [6, 6.07) is 10.2. The number of hydrogen-bond donors (Lipinski definition) is 4. The van der Waals surface area contributed by atoms with Crippen molar-refractivity contribution in [2.45, 2.75) is 6.92 Å². The predicted octanol–water partition coefficient (Wildman–Crippen LogP) is 1.38. The number of aromatic hydroxyl groups is 1. The fourth-order valence-corrected chi connectivity index (χ4v) is 1.87. The second kappa shape index (κ2) is 6.61. The molecular formula is C16H15N3O4. The average molecular weight is 313 g/mol. The molecule has 7 heteroatoms. The summed E-state index contributed by atoms with van der Waals surface area (Å²) in [6.45, 7) is 1.69. The summed E-state index contributed by atoms with van der Waals surface area (Å²) >= 11 is 0. The molecule has 0 spiro atoms. The Hall–Kier alpha value is -3.35. The lowest BCUT2D eigenvalue weighted by atomic mass is 10.2. The molecule has 0 unspecified atom stereocenters. The molecule has 0 saturated heterocycles. The number of hydrogen-bond acceptors (Lipinski definition) is 4. The SMILES string of the molecule is Cc1cc(O)ccc1NC(=O)C(=O)Nc1ccc(C(N)=O)cc1. The summed E-state index contributed by atoms with van der Waals surface area (Å²) in [5, 5.41) is 14.2. The van der Waals surface area contributed by atoms with E-state index in [0.717, 1.165) is 0 Å². The molecule has 0 saturated carbocycles. The zero-order valence-corrected chi connectivity index (χ0v) is 12.3. The Morgan fingerprint density at radius 1 is 0.957 bits per heavy atom. The number of amides is 3. The van der Waals surface area contributed by atoms with E-state index in [4.69, 9.17) is 5.73 Å². The number of rotatable bonds is 3. The van der Waals surface area contributed by atoms with Gasteiger partial charge in [-0.25, -0.2) is 0 Å². The van der Waals surface area contributed by atoms with Crippen molar-refractivity contribution < 1.29 is 19.5 Å². The van der Waals surface area contributed by atoms with Crippen LogP contribution < -0.4 is 16.4 Å². The van der Waals surface area contributed by atoms with Crippen LogP contribution in [0.3, 0.4) is 0 Å². The third kappa shape index (κ3) is 4.07. The number of phenols is 1. The number of nitrogens with one attached hydrogen (secondary N) is 2. The van der Waals surface area contributed by atoms with Crippen LogP contribution in [-0.2, 0) is 9.59 Å². The Labute approximate surface area is 132 Å².